The highest BCUT2D eigenvalue weighted by Crippen LogP contribution is 2.35. The fourth-order valence-electron chi connectivity index (χ4n) is 2.74. The number of hydrogen-bond donors (Lipinski definition) is 2. The normalized spacial score (nSPS) is 30.2. The molecule has 19 heavy (non-hydrogen) atoms. The Kier molecular flexibility index (Phi) is 3.45. The lowest BCUT2D eigenvalue weighted by Gasteiger charge is -2.34. The predicted molar refractivity (Wildman–Crippen MR) is 74.9 cm³/mol. The van der Waals surface area contributed by atoms with Gasteiger partial charge in [-0.15, -0.1) is 0 Å². The van der Waals surface area contributed by atoms with E-state index in [0.29, 0.717) is 16.2 Å². The topological polar surface area (TPSA) is 77.2 Å². The summed E-state index contributed by atoms with van der Waals surface area (Å²) in [5.74, 6) is 1.28. The second-order valence-electron chi connectivity index (χ2n) is 5.18. The van der Waals surface area contributed by atoms with Crippen LogP contribution in [0.1, 0.15) is 25.7 Å². The summed E-state index contributed by atoms with van der Waals surface area (Å²) in [6.07, 6.45) is 3.40. The van der Waals surface area contributed by atoms with Crippen LogP contribution in [0.15, 0.2) is 16.7 Å². The molecule has 1 aliphatic heterocycles. The highest BCUT2D eigenvalue weighted by molar-refractivity contribution is 9.10. The number of carbonyl (C=O) groups is 1. The van der Waals surface area contributed by atoms with E-state index in [-0.39, 0.29) is 17.9 Å². The van der Waals surface area contributed by atoms with Gasteiger partial charge in [0.2, 0.25) is 0 Å². The molecule has 0 saturated heterocycles. The van der Waals surface area contributed by atoms with Gasteiger partial charge in [-0.2, -0.15) is 0 Å². The molecule has 0 bridgehead atoms. The van der Waals surface area contributed by atoms with Gasteiger partial charge in [0.25, 0.3) is 5.91 Å². The minimum atomic E-state index is -0.414. The van der Waals surface area contributed by atoms with Crippen molar-refractivity contribution in [2.75, 3.05) is 5.32 Å². The molecule has 0 radical (unpaired) electrons. The number of ether oxygens (including phenoxy) is 1. The van der Waals surface area contributed by atoms with Crippen molar-refractivity contribution in [2.24, 2.45) is 11.7 Å². The second kappa shape index (κ2) is 5.09. The summed E-state index contributed by atoms with van der Waals surface area (Å²) in [7, 11) is 0. The molecule has 3 N–H and O–H groups in total. The Bertz CT molecular complexity index is 501. The van der Waals surface area contributed by atoms with Crippen LogP contribution in [-0.4, -0.2) is 23.0 Å². The first-order chi connectivity index (χ1) is 9.13. The van der Waals surface area contributed by atoms with E-state index < -0.39 is 6.10 Å². The molecule has 1 fully saturated rings. The molecule has 1 amide bonds. The summed E-state index contributed by atoms with van der Waals surface area (Å²) in [5.41, 5.74) is 5.90. The number of hydrogen-bond acceptors (Lipinski definition) is 4. The van der Waals surface area contributed by atoms with Crippen LogP contribution in [0.3, 0.4) is 0 Å². The van der Waals surface area contributed by atoms with Crippen molar-refractivity contribution < 1.29 is 9.53 Å². The van der Waals surface area contributed by atoms with Gasteiger partial charge in [0.05, 0.1) is 0 Å². The Morgan fingerprint density at radius 2 is 2.05 bits per heavy atom. The quantitative estimate of drug-likeness (QED) is 0.775. The molecule has 0 aromatic carbocycles. The maximum atomic E-state index is 12.1. The molecule has 1 aromatic heterocycles. The van der Waals surface area contributed by atoms with Crippen molar-refractivity contribution >= 4 is 27.7 Å². The number of nitrogens with two attached hydrogens (primary N) is 1. The summed E-state index contributed by atoms with van der Waals surface area (Å²) < 4.78 is 6.52. The van der Waals surface area contributed by atoms with Gasteiger partial charge in [-0.3, -0.25) is 4.79 Å². The number of pyridine rings is 1. The minimum Gasteiger partial charge on any atom is -0.476 e. The third kappa shape index (κ3) is 2.60. The van der Waals surface area contributed by atoms with E-state index in [0.717, 1.165) is 25.7 Å². The molecule has 0 spiro atoms. The van der Waals surface area contributed by atoms with Gasteiger partial charge in [0, 0.05) is 12.0 Å². The first-order valence-corrected chi connectivity index (χ1v) is 7.32. The molecule has 1 unspecified atom stereocenters. The van der Waals surface area contributed by atoms with Crippen LogP contribution >= 0.6 is 15.9 Å². The Morgan fingerprint density at radius 3 is 2.79 bits per heavy atom. The van der Waals surface area contributed by atoms with Crippen LogP contribution in [0.4, 0.5) is 5.82 Å². The van der Waals surface area contributed by atoms with Gasteiger partial charge >= 0.3 is 0 Å². The van der Waals surface area contributed by atoms with Gasteiger partial charge in [0.1, 0.15) is 4.60 Å². The zero-order valence-electron chi connectivity index (χ0n) is 10.4. The maximum absolute atomic E-state index is 12.1. The molecule has 1 atom stereocenters. The third-order valence-corrected chi connectivity index (χ3v) is 4.26. The average Bonchev–Trinajstić information content (AvgIpc) is 2.39. The Morgan fingerprint density at radius 1 is 1.32 bits per heavy atom. The lowest BCUT2D eigenvalue weighted by molar-refractivity contribution is -0.126. The molecular formula is C13H16BrN3O2. The number of amides is 1. The van der Waals surface area contributed by atoms with E-state index in [1.54, 1.807) is 0 Å². The number of carbonyl (C=O) groups excluding carboxylic acids is 1. The Labute approximate surface area is 120 Å². The first kappa shape index (κ1) is 12.9. The molecule has 6 heteroatoms. The van der Waals surface area contributed by atoms with Gasteiger partial charge in [-0.05, 0) is 53.7 Å². The summed E-state index contributed by atoms with van der Waals surface area (Å²) >= 11 is 3.28. The van der Waals surface area contributed by atoms with E-state index in [4.69, 9.17) is 10.5 Å². The number of fused-ring (bicyclic) bond motifs is 1. The average molecular weight is 326 g/mol. The summed E-state index contributed by atoms with van der Waals surface area (Å²) in [4.78, 5) is 16.3. The fraction of sp³-hybridized carbons (Fsp3) is 0.538. The van der Waals surface area contributed by atoms with Gasteiger partial charge in [-0.25, -0.2) is 4.98 Å². The molecule has 1 aromatic rings. The molecule has 2 aliphatic rings. The summed E-state index contributed by atoms with van der Waals surface area (Å²) in [5, 5.41) is 2.82. The number of nitrogens with zero attached hydrogens (tertiary/aromatic N) is 1. The van der Waals surface area contributed by atoms with Crippen LogP contribution in [0.25, 0.3) is 0 Å². The van der Waals surface area contributed by atoms with Crippen molar-refractivity contribution in [3.63, 3.8) is 0 Å². The number of halogens is 1. The molecule has 102 valence electrons. The highest BCUT2D eigenvalue weighted by Gasteiger charge is 2.36. The smallest absolute Gasteiger partial charge is 0.266 e. The molecular weight excluding hydrogens is 310 g/mol. The molecule has 3 rings (SSSR count). The largest absolute Gasteiger partial charge is 0.476 e. The second-order valence-corrected chi connectivity index (χ2v) is 6.00. The molecule has 5 nitrogen and oxygen atoms in total. The minimum absolute atomic E-state index is 0.0985. The van der Waals surface area contributed by atoms with Crippen molar-refractivity contribution in [3.8, 4) is 5.75 Å². The van der Waals surface area contributed by atoms with Crippen LogP contribution in [0, 0.1) is 5.92 Å². The summed E-state index contributed by atoms with van der Waals surface area (Å²) in [6.45, 7) is 0. The number of anilines is 1. The fourth-order valence-corrected chi connectivity index (χ4v) is 3.05. The zero-order valence-corrected chi connectivity index (χ0v) is 12.0. The van der Waals surface area contributed by atoms with Gasteiger partial charge < -0.3 is 15.8 Å². The van der Waals surface area contributed by atoms with Crippen molar-refractivity contribution in [2.45, 2.75) is 37.8 Å². The van der Waals surface area contributed by atoms with Crippen molar-refractivity contribution in [1.82, 2.24) is 4.98 Å². The zero-order chi connectivity index (χ0) is 13.4. The van der Waals surface area contributed by atoms with E-state index in [9.17, 15) is 4.79 Å². The molecule has 2 heterocycles. The lowest BCUT2D eigenvalue weighted by atomic mass is 9.82. The monoisotopic (exact) mass is 325 g/mol. The number of nitrogens with one attached hydrogen (secondary N) is 1. The van der Waals surface area contributed by atoms with Crippen LogP contribution in [0.2, 0.25) is 0 Å². The first-order valence-electron chi connectivity index (χ1n) is 6.53. The SMILES string of the molecule is NC1CCC(C2Oc3ccc(Br)nc3NC2=O)CC1. The van der Waals surface area contributed by atoms with Crippen LogP contribution in [-0.2, 0) is 4.79 Å². The van der Waals surface area contributed by atoms with Crippen molar-refractivity contribution in [3.05, 3.63) is 16.7 Å². The van der Waals surface area contributed by atoms with E-state index >= 15 is 0 Å². The van der Waals surface area contributed by atoms with E-state index in [1.165, 1.54) is 0 Å². The highest BCUT2D eigenvalue weighted by atomic mass is 79.9. The van der Waals surface area contributed by atoms with Gasteiger partial charge in [0.15, 0.2) is 17.7 Å². The molecule has 1 saturated carbocycles. The van der Waals surface area contributed by atoms with Gasteiger partial charge in [-0.1, -0.05) is 0 Å². The lowest BCUT2D eigenvalue weighted by Crippen LogP contribution is -2.45. The maximum Gasteiger partial charge on any atom is 0.266 e. The Balaban J connectivity index is 1.78. The third-order valence-electron chi connectivity index (χ3n) is 3.82. The van der Waals surface area contributed by atoms with Crippen LogP contribution in [0.5, 0.6) is 5.75 Å². The number of aromatic nitrogens is 1. The van der Waals surface area contributed by atoms with E-state index in [2.05, 4.69) is 26.2 Å². The number of rotatable bonds is 1. The summed E-state index contributed by atoms with van der Waals surface area (Å²) in [6, 6.07) is 3.91. The standard InChI is InChI=1S/C13H16BrN3O2/c14-10-6-5-9-12(16-10)17-13(18)11(19-9)7-1-3-8(15)4-2-7/h5-8,11H,1-4,15H2,(H,16,17,18). The van der Waals surface area contributed by atoms with E-state index in [1.807, 2.05) is 12.1 Å². The van der Waals surface area contributed by atoms with Crippen LogP contribution < -0.4 is 15.8 Å². The predicted octanol–water partition coefficient (Wildman–Crippen LogP) is 2.06. The van der Waals surface area contributed by atoms with Crippen molar-refractivity contribution in [1.29, 1.82) is 0 Å². The Hall–Kier alpha value is -1.14. The molecule has 1 aliphatic carbocycles.